The van der Waals surface area contributed by atoms with Crippen molar-refractivity contribution in [1.29, 1.82) is 0 Å². The first-order valence-corrected chi connectivity index (χ1v) is 6.85. The zero-order valence-corrected chi connectivity index (χ0v) is 11.5. The number of rotatable bonds is 3. The summed E-state index contributed by atoms with van der Waals surface area (Å²) in [7, 11) is 0. The summed E-state index contributed by atoms with van der Waals surface area (Å²) in [5.41, 5.74) is -0.0587. The van der Waals surface area contributed by atoms with E-state index >= 15 is 0 Å². The molecule has 0 aromatic carbocycles. The van der Waals surface area contributed by atoms with Gasteiger partial charge in [0.15, 0.2) is 0 Å². The van der Waals surface area contributed by atoms with Crippen LogP contribution in [0.3, 0.4) is 0 Å². The summed E-state index contributed by atoms with van der Waals surface area (Å²) in [5, 5.41) is 15.1. The Balaban J connectivity index is 1.91. The molecule has 5 nitrogen and oxygen atoms in total. The minimum Gasteiger partial charge on any atom is -0.481 e. The number of aliphatic carboxylic acids is 1. The molecule has 1 aliphatic heterocycles. The lowest BCUT2D eigenvalue weighted by atomic mass is 9.77. The van der Waals surface area contributed by atoms with Gasteiger partial charge < -0.3 is 15.7 Å². The highest BCUT2D eigenvalue weighted by Crippen LogP contribution is 2.30. The van der Waals surface area contributed by atoms with E-state index in [0.29, 0.717) is 6.42 Å². The second-order valence-electron chi connectivity index (χ2n) is 6.16. The Morgan fingerprint density at radius 1 is 1.37 bits per heavy atom. The Morgan fingerprint density at radius 3 is 2.68 bits per heavy atom. The molecule has 5 heteroatoms. The first-order valence-electron chi connectivity index (χ1n) is 6.85. The van der Waals surface area contributed by atoms with Crippen LogP contribution in [-0.4, -0.2) is 35.6 Å². The largest absolute Gasteiger partial charge is 0.481 e. The molecule has 0 radical (unpaired) electrons. The fourth-order valence-electron chi connectivity index (χ4n) is 2.91. The van der Waals surface area contributed by atoms with Crippen LogP contribution in [0.4, 0.5) is 0 Å². The van der Waals surface area contributed by atoms with Gasteiger partial charge in [-0.3, -0.25) is 9.59 Å². The molecule has 3 unspecified atom stereocenters. The number of hydrogen-bond donors (Lipinski definition) is 3. The predicted octanol–water partition coefficient (Wildman–Crippen LogP) is 0.910. The van der Waals surface area contributed by atoms with Gasteiger partial charge >= 0.3 is 5.97 Å². The summed E-state index contributed by atoms with van der Waals surface area (Å²) in [6, 6.07) is -0.355. The van der Waals surface area contributed by atoms with Gasteiger partial charge in [-0.2, -0.15) is 0 Å². The number of nitrogens with one attached hydrogen (secondary N) is 2. The lowest BCUT2D eigenvalue weighted by Crippen LogP contribution is -2.56. The summed E-state index contributed by atoms with van der Waals surface area (Å²) in [6.45, 7) is 5.04. The van der Waals surface area contributed by atoms with Crippen LogP contribution in [0, 0.1) is 11.3 Å². The molecule has 0 aromatic rings. The molecular weight excluding hydrogens is 244 g/mol. The zero-order chi connectivity index (χ0) is 14.0. The van der Waals surface area contributed by atoms with E-state index in [1.165, 1.54) is 0 Å². The standard InChI is InChI=1S/C14H22N2O3/c1-14(2)6-3-7-15-11(14)12(17)16-10-5-4-9(8-10)13(18)19/h4-5,9-11,15H,3,6-8H2,1-2H3,(H,16,17)(H,18,19). The molecule has 0 spiro atoms. The van der Waals surface area contributed by atoms with Gasteiger partial charge in [0.25, 0.3) is 0 Å². The van der Waals surface area contributed by atoms with E-state index in [4.69, 9.17) is 5.11 Å². The van der Waals surface area contributed by atoms with Crippen molar-refractivity contribution in [2.45, 2.75) is 45.2 Å². The van der Waals surface area contributed by atoms with Crippen molar-refractivity contribution in [2.24, 2.45) is 11.3 Å². The molecule has 19 heavy (non-hydrogen) atoms. The fraction of sp³-hybridized carbons (Fsp3) is 0.714. The van der Waals surface area contributed by atoms with Crippen molar-refractivity contribution in [3.05, 3.63) is 12.2 Å². The first kappa shape index (κ1) is 14.1. The normalized spacial score (nSPS) is 33.1. The molecule has 2 aliphatic rings. The van der Waals surface area contributed by atoms with Gasteiger partial charge in [-0.15, -0.1) is 0 Å². The summed E-state index contributed by atoms with van der Waals surface area (Å²) in [5.74, 6) is -1.33. The van der Waals surface area contributed by atoms with Gasteiger partial charge in [-0.05, 0) is 31.2 Å². The maximum absolute atomic E-state index is 12.3. The highest BCUT2D eigenvalue weighted by Gasteiger charge is 2.38. The number of carboxylic acid groups (broad SMARTS) is 1. The number of amides is 1. The molecule has 1 aliphatic carbocycles. The second-order valence-corrected chi connectivity index (χ2v) is 6.16. The molecule has 1 fully saturated rings. The van der Waals surface area contributed by atoms with E-state index in [1.54, 1.807) is 12.2 Å². The molecule has 0 saturated carbocycles. The number of piperidine rings is 1. The van der Waals surface area contributed by atoms with Gasteiger partial charge in [0, 0.05) is 6.04 Å². The first-order chi connectivity index (χ1) is 8.90. The number of carboxylic acids is 1. The van der Waals surface area contributed by atoms with Crippen molar-refractivity contribution in [3.63, 3.8) is 0 Å². The van der Waals surface area contributed by atoms with E-state index in [0.717, 1.165) is 19.4 Å². The van der Waals surface area contributed by atoms with Crippen LogP contribution in [0.15, 0.2) is 12.2 Å². The molecular formula is C14H22N2O3. The summed E-state index contributed by atoms with van der Waals surface area (Å²) >= 11 is 0. The van der Waals surface area contributed by atoms with Gasteiger partial charge in [0.1, 0.15) is 0 Å². The molecule has 1 amide bonds. The third-order valence-electron chi connectivity index (χ3n) is 4.12. The highest BCUT2D eigenvalue weighted by molar-refractivity contribution is 5.83. The molecule has 0 bridgehead atoms. The van der Waals surface area contributed by atoms with Crippen molar-refractivity contribution < 1.29 is 14.7 Å². The Morgan fingerprint density at radius 2 is 2.11 bits per heavy atom. The summed E-state index contributed by atoms with van der Waals surface area (Å²) in [4.78, 5) is 23.2. The average molecular weight is 266 g/mol. The molecule has 1 saturated heterocycles. The van der Waals surface area contributed by atoms with Crippen molar-refractivity contribution >= 4 is 11.9 Å². The van der Waals surface area contributed by atoms with Gasteiger partial charge in [0.05, 0.1) is 12.0 Å². The quantitative estimate of drug-likeness (QED) is 0.663. The van der Waals surface area contributed by atoms with E-state index in [1.807, 2.05) is 0 Å². The lowest BCUT2D eigenvalue weighted by Gasteiger charge is -2.38. The van der Waals surface area contributed by atoms with Gasteiger partial charge in [0.2, 0.25) is 5.91 Å². The Hall–Kier alpha value is -1.36. The Kier molecular flexibility index (Phi) is 3.94. The van der Waals surface area contributed by atoms with Gasteiger partial charge in [-0.1, -0.05) is 26.0 Å². The van der Waals surface area contributed by atoms with Crippen LogP contribution in [-0.2, 0) is 9.59 Å². The Bertz CT molecular complexity index is 403. The fourth-order valence-corrected chi connectivity index (χ4v) is 2.91. The van der Waals surface area contributed by atoms with E-state index in [2.05, 4.69) is 24.5 Å². The summed E-state index contributed by atoms with van der Waals surface area (Å²) < 4.78 is 0. The second kappa shape index (κ2) is 5.33. The minimum absolute atomic E-state index is 0.0228. The SMILES string of the molecule is CC1(C)CCCNC1C(=O)NC1C=CC(C(=O)O)C1. The van der Waals surface area contributed by atoms with Crippen LogP contribution in [0.1, 0.15) is 33.1 Å². The molecule has 3 N–H and O–H groups in total. The predicted molar refractivity (Wildman–Crippen MR) is 71.6 cm³/mol. The smallest absolute Gasteiger partial charge is 0.310 e. The van der Waals surface area contributed by atoms with E-state index < -0.39 is 11.9 Å². The molecule has 3 atom stereocenters. The monoisotopic (exact) mass is 266 g/mol. The maximum atomic E-state index is 12.3. The van der Waals surface area contributed by atoms with Crippen molar-refractivity contribution in [1.82, 2.24) is 10.6 Å². The van der Waals surface area contributed by atoms with Crippen LogP contribution in [0.2, 0.25) is 0 Å². The third-order valence-corrected chi connectivity index (χ3v) is 4.12. The van der Waals surface area contributed by atoms with Gasteiger partial charge in [-0.25, -0.2) is 0 Å². The lowest BCUT2D eigenvalue weighted by molar-refractivity contribution is -0.140. The Labute approximate surface area is 113 Å². The van der Waals surface area contributed by atoms with Crippen LogP contribution in [0.5, 0.6) is 0 Å². The highest BCUT2D eigenvalue weighted by atomic mass is 16.4. The summed E-state index contributed by atoms with van der Waals surface area (Å²) in [6.07, 6.45) is 6.00. The minimum atomic E-state index is -0.830. The van der Waals surface area contributed by atoms with E-state index in [-0.39, 0.29) is 23.4 Å². The molecule has 106 valence electrons. The number of carbonyl (C=O) groups excluding carboxylic acids is 1. The average Bonchev–Trinajstić information content (AvgIpc) is 2.76. The van der Waals surface area contributed by atoms with Crippen molar-refractivity contribution in [3.8, 4) is 0 Å². The van der Waals surface area contributed by atoms with Crippen LogP contribution < -0.4 is 10.6 Å². The molecule has 1 heterocycles. The van der Waals surface area contributed by atoms with Crippen LogP contribution in [0.25, 0.3) is 0 Å². The van der Waals surface area contributed by atoms with E-state index in [9.17, 15) is 9.59 Å². The zero-order valence-electron chi connectivity index (χ0n) is 11.5. The van der Waals surface area contributed by atoms with Crippen LogP contribution >= 0.6 is 0 Å². The molecule has 2 rings (SSSR count). The molecule has 0 aromatic heterocycles. The maximum Gasteiger partial charge on any atom is 0.310 e. The number of hydrogen-bond acceptors (Lipinski definition) is 3. The third kappa shape index (κ3) is 3.15. The number of carbonyl (C=O) groups is 2. The van der Waals surface area contributed by atoms with Crippen molar-refractivity contribution in [2.75, 3.05) is 6.54 Å². The topological polar surface area (TPSA) is 78.4 Å².